The highest BCUT2D eigenvalue weighted by molar-refractivity contribution is 6.30. The smallest absolute Gasteiger partial charge is 0.339 e. The molecule has 110 valence electrons. The number of hydrogen-bond acceptors (Lipinski definition) is 5. The lowest BCUT2D eigenvalue weighted by Crippen LogP contribution is -1.80. The number of rotatable bonds is 4. The third kappa shape index (κ3) is 2.99. The molecular weight excluding hydrogens is 302 g/mol. The highest BCUT2D eigenvalue weighted by Gasteiger charge is 2.18. The number of aromatic nitrogens is 1. The Bertz CT molecular complexity index is 783. The van der Waals surface area contributed by atoms with Gasteiger partial charge in [-0.15, -0.1) is 5.11 Å². The first-order valence-corrected chi connectivity index (χ1v) is 6.92. The first-order chi connectivity index (χ1) is 10.8. The van der Waals surface area contributed by atoms with Crippen molar-refractivity contribution in [1.29, 1.82) is 0 Å². The van der Waals surface area contributed by atoms with Crippen molar-refractivity contribution in [3.8, 4) is 17.2 Å². The Morgan fingerprint density at radius 2 is 1.73 bits per heavy atom. The maximum atomic E-state index is 5.85. The summed E-state index contributed by atoms with van der Waals surface area (Å²) in [5.74, 6) is 0.219. The topological polar surface area (TPSA) is 60.0 Å². The van der Waals surface area contributed by atoms with E-state index >= 15 is 0 Å². The average Bonchev–Trinajstić information content (AvgIpc) is 2.98. The molecule has 0 aliphatic carbocycles. The molecule has 3 rings (SSSR count). The molecule has 6 heteroatoms. The van der Waals surface area contributed by atoms with Crippen LogP contribution in [-0.2, 0) is 0 Å². The van der Waals surface area contributed by atoms with Crippen LogP contribution in [0.5, 0.6) is 5.95 Å². The zero-order valence-corrected chi connectivity index (χ0v) is 12.5. The Morgan fingerprint density at radius 3 is 2.41 bits per heavy atom. The summed E-state index contributed by atoms with van der Waals surface area (Å²) < 4.78 is 10.3. The van der Waals surface area contributed by atoms with Crippen molar-refractivity contribution in [2.45, 2.75) is 0 Å². The molecule has 0 saturated carbocycles. The van der Waals surface area contributed by atoms with Crippen molar-refractivity contribution in [1.82, 2.24) is 5.16 Å². The van der Waals surface area contributed by atoms with Crippen molar-refractivity contribution in [3.05, 3.63) is 59.6 Å². The summed E-state index contributed by atoms with van der Waals surface area (Å²) in [6.45, 7) is 0. The minimum Gasteiger partial charge on any atom is -0.465 e. The Morgan fingerprint density at radius 1 is 1.00 bits per heavy atom. The SMILES string of the molecule is COc1onc(-c2ccccc2)c1N=Nc1ccc(Cl)cc1. The number of ether oxygens (including phenoxy) is 1. The van der Waals surface area contributed by atoms with Gasteiger partial charge in [-0.1, -0.05) is 47.1 Å². The lowest BCUT2D eigenvalue weighted by atomic mass is 10.1. The maximum Gasteiger partial charge on any atom is 0.339 e. The Hall–Kier alpha value is -2.66. The van der Waals surface area contributed by atoms with Gasteiger partial charge in [0, 0.05) is 10.6 Å². The van der Waals surface area contributed by atoms with Crippen LogP contribution in [0, 0.1) is 0 Å². The highest BCUT2D eigenvalue weighted by Crippen LogP contribution is 2.38. The fourth-order valence-corrected chi connectivity index (χ4v) is 2.02. The summed E-state index contributed by atoms with van der Waals surface area (Å²) in [5.41, 5.74) is 2.57. The van der Waals surface area contributed by atoms with Gasteiger partial charge in [-0.05, 0) is 24.3 Å². The third-order valence-corrected chi connectivity index (χ3v) is 3.21. The Labute approximate surface area is 132 Å². The zero-order valence-electron chi connectivity index (χ0n) is 11.7. The van der Waals surface area contributed by atoms with E-state index in [0.29, 0.717) is 22.1 Å². The zero-order chi connectivity index (χ0) is 15.4. The van der Waals surface area contributed by atoms with Gasteiger partial charge >= 0.3 is 5.95 Å². The molecular formula is C16H12ClN3O2. The molecule has 1 heterocycles. The van der Waals surface area contributed by atoms with Gasteiger partial charge in [-0.3, -0.25) is 0 Å². The van der Waals surface area contributed by atoms with Crippen molar-refractivity contribution >= 4 is 23.0 Å². The molecule has 0 unspecified atom stereocenters. The lowest BCUT2D eigenvalue weighted by Gasteiger charge is -1.97. The van der Waals surface area contributed by atoms with E-state index in [2.05, 4.69) is 15.4 Å². The molecule has 0 N–H and O–H groups in total. The molecule has 0 aliphatic rings. The predicted molar refractivity (Wildman–Crippen MR) is 84.1 cm³/mol. The van der Waals surface area contributed by atoms with Gasteiger partial charge in [0.2, 0.25) is 0 Å². The van der Waals surface area contributed by atoms with E-state index in [-0.39, 0.29) is 5.95 Å². The molecule has 5 nitrogen and oxygen atoms in total. The molecule has 0 saturated heterocycles. The second-order valence-electron chi connectivity index (χ2n) is 4.41. The van der Waals surface area contributed by atoms with Crippen LogP contribution in [0.2, 0.25) is 5.02 Å². The summed E-state index contributed by atoms with van der Waals surface area (Å²) in [7, 11) is 1.50. The molecule has 1 aromatic heterocycles. The summed E-state index contributed by atoms with van der Waals surface area (Å²) in [4.78, 5) is 0. The summed E-state index contributed by atoms with van der Waals surface area (Å²) in [5, 5.41) is 13.0. The summed E-state index contributed by atoms with van der Waals surface area (Å²) in [6, 6.07) is 16.6. The van der Waals surface area contributed by atoms with Crippen LogP contribution >= 0.6 is 11.6 Å². The number of methoxy groups -OCH3 is 1. The molecule has 0 amide bonds. The summed E-state index contributed by atoms with van der Waals surface area (Å²) in [6.07, 6.45) is 0. The Balaban J connectivity index is 1.98. The first-order valence-electron chi connectivity index (χ1n) is 6.54. The molecule has 2 aromatic carbocycles. The fourth-order valence-electron chi connectivity index (χ4n) is 1.89. The molecule has 0 aliphatic heterocycles. The van der Waals surface area contributed by atoms with Crippen molar-refractivity contribution in [3.63, 3.8) is 0 Å². The number of hydrogen-bond donors (Lipinski definition) is 0. The van der Waals surface area contributed by atoms with Gasteiger partial charge in [0.05, 0.1) is 12.8 Å². The molecule has 0 fully saturated rings. The second-order valence-corrected chi connectivity index (χ2v) is 4.85. The van der Waals surface area contributed by atoms with E-state index in [4.69, 9.17) is 20.9 Å². The van der Waals surface area contributed by atoms with E-state index in [0.717, 1.165) is 5.56 Å². The van der Waals surface area contributed by atoms with E-state index in [1.807, 2.05) is 30.3 Å². The van der Waals surface area contributed by atoms with Gasteiger partial charge < -0.3 is 9.26 Å². The number of nitrogens with zero attached hydrogens (tertiary/aromatic N) is 3. The van der Waals surface area contributed by atoms with Crippen LogP contribution < -0.4 is 4.74 Å². The molecule has 0 atom stereocenters. The minimum absolute atomic E-state index is 0.219. The first kappa shape index (κ1) is 14.3. The molecule has 22 heavy (non-hydrogen) atoms. The molecule has 0 bridgehead atoms. The summed E-state index contributed by atoms with van der Waals surface area (Å²) >= 11 is 5.85. The number of halogens is 1. The molecule has 3 aromatic rings. The quantitative estimate of drug-likeness (QED) is 0.604. The molecule has 0 spiro atoms. The van der Waals surface area contributed by atoms with Gasteiger partial charge in [0.25, 0.3) is 0 Å². The second kappa shape index (κ2) is 6.41. The average molecular weight is 314 g/mol. The van der Waals surface area contributed by atoms with E-state index in [1.54, 1.807) is 24.3 Å². The number of azo groups is 1. The molecule has 0 radical (unpaired) electrons. The van der Waals surface area contributed by atoms with Crippen LogP contribution in [0.4, 0.5) is 11.4 Å². The highest BCUT2D eigenvalue weighted by atomic mass is 35.5. The van der Waals surface area contributed by atoms with Crippen molar-refractivity contribution in [2.24, 2.45) is 10.2 Å². The van der Waals surface area contributed by atoms with Crippen LogP contribution in [0.15, 0.2) is 69.3 Å². The lowest BCUT2D eigenvalue weighted by molar-refractivity contribution is 0.262. The van der Waals surface area contributed by atoms with E-state index in [1.165, 1.54) is 7.11 Å². The fraction of sp³-hybridized carbons (Fsp3) is 0.0625. The van der Waals surface area contributed by atoms with Gasteiger partial charge in [-0.2, -0.15) is 5.11 Å². The standard InChI is InChI=1S/C16H12ClN3O2/c1-21-16-15(19-18-13-9-7-12(17)8-10-13)14(20-22-16)11-5-3-2-4-6-11/h2-10H,1H3. The monoisotopic (exact) mass is 313 g/mol. The van der Waals surface area contributed by atoms with Crippen molar-refractivity contribution < 1.29 is 9.26 Å². The van der Waals surface area contributed by atoms with Gasteiger partial charge in [-0.25, -0.2) is 0 Å². The van der Waals surface area contributed by atoms with Gasteiger partial charge in [0.1, 0.15) is 5.69 Å². The van der Waals surface area contributed by atoms with Crippen LogP contribution in [0.1, 0.15) is 0 Å². The predicted octanol–water partition coefficient (Wildman–Crippen LogP) is 5.42. The third-order valence-electron chi connectivity index (χ3n) is 2.96. The van der Waals surface area contributed by atoms with Crippen LogP contribution in [-0.4, -0.2) is 12.3 Å². The van der Waals surface area contributed by atoms with E-state index in [9.17, 15) is 0 Å². The normalized spacial score (nSPS) is 11.0. The van der Waals surface area contributed by atoms with E-state index < -0.39 is 0 Å². The van der Waals surface area contributed by atoms with Gasteiger partial charge in [0.15, 0.2) is 5.69 Å². The van der Waals surface area contributed by atoms with Crippen LogP contribution in [0.3, 0.4) is 0 Å². The largest absolute Gasteiger partial charge is 0.465 e. The Kier molecular flexibility index (Phi) is 4.16. The number of benzene rings is 2. The maximum absolute atomic E-state index is 5.85. The minimum atomic E-state index is 0.219. The van der Waals surface area contributed by atoms with Crippen LogP contribution in [0.25, 0.3) is 11.3 Å². The van der Waals surface area contributed by atoms with Crippen molar-refractivity contribution in [2.75, 3.05) is 7.11 Å².